The van der Waals surface area contributed by atoms with Gasteiger partial charge in [0.2, 0.25) is 0 Å². The van der Waals surface area contributed by atoms with Gasteiger partial charge in [0.05, 0.1) is 22.2 Å². The summed E-state index contributed by atoms with van der Waals surface area (Å²) < 4.78 is 29.4. The SMILES string of the molecule is CC(C)(C)[C@@]1(Cc2ccc(Cl)c(Cl)c2)COS(=O)(=O)N1C(=O)O. The molecule has 23 heavy (non-hydrogen) atoms. The van der Waals surface area contributed by atoms with Crippen LogP contribution < -0.4 is 0 Å². The van der Waals surface area contributed by atoms with Crippen molar-refractivity contribution in [1.82, 2.24) is 4.31 Å². The monoisotopic (exact) mass is 381 g/mol. The zero-order valence-corrected chi connectivity index (χ0v) is 15.2. The molecule has 0 radical (unpaired) electrons. The summed E-state index contributed by atoms with van der Waals surface area (Å²) in [6, 6.07) is 4.88. The third-order valence-corrected chi connectivity index (χ3v) is 6.22. The Bertz CT molecular complexity index is 744. The summed E-state index contributed by atoms with van der Waals surface area (Å²) in [6.45, 7) is 5.05. The van der Waals surface area contributed by atoms with E-state index < -0.39 is 27.4 Å². The van der Waals surface area contributed by atoms with Crippen molar-refractivity contribution in [3.63, 3.8) is 0 Å². The van der Waals surface area contributed by atoms with E-state index >= 15 is 0 Å². The molecule has 0 saturated carbocycles. The van der Waals surface area contributed by atoms with Crippen LogP contribution in [0.4, 0.5) is 4.79 Å². The van der Waals surface area contributed by atoms with Gasteiger partial charge in [0.25, 0.3) is 0 Å². The molecule has 1 heterocycles. The second-order valence-electron chi connectivity index (χ2n) is 6.47. The van der Waals surface area contributed by atoms with E-state index in [0.29, 0.717) is 19.9 Å². The normalized spacial score (nSPS) is 24.0. The van der Waals surface area contributed by atoms with Crippen LogP contribution in [-0.2, 0) is 20.9 Å². The molecule has 1 aromatic rings. The number of hydrogen-bond donors (Lipinski definition) is 1. The maximum Gasteiger partial charge on any atom is 0.423 e. The van der Waals surface area contributed by atoms with Crippen LogP contribution in [0.5, 0.6) is 0 Å². The van der Waals surface area contributed by atoms with Crippen LogP contribution in [-0.4, -0.2) is 36.1 Å². The van der Waals surface area contributed by atoms with E-state index in [1.54, 1.807) is 39.0 Å². The van der Waals surface area contributed by atoms with Crippen molar-refractivity contribution in [3.05, 3.63) is 33.8 Å². The van der Waals surface area contributed by atoms with E-state index in [1.165, 1.54) is 0 Å². The highest BCUT2D eigenvalue weighted by molar-refractivity contribution is 7.85. The average molecular weight is 382 g/mol. The molecule has 1 amide bonds. The van der Waals surface area contributed by atoms with Gasteiger partial charge in [-0.1, -0.05) is 50.0 Å². The summed E-state index contributed by atoms with van der Waals surface area (Å²) in [7, 11) is -4.34. The first-order valence-electron chi connectivity index (χ1n) is 6.77. The van der Waals surface area contributed by atoms with Gasteiger partial charge in [-0.3, -0.25) is 4.18 Å². The topological polar surface area (TPSA) is 83.9 Å². The number of halogens is 2. The first-order chi connectivity index (χ1) is 10.4. The van der Waals surface area contributed by atoms with Crippen LogP contribution in [0.3, 0.4) is 0 Å². The van der Waals surface area contributed by atoms with Crippen LogP contribution in [0.25, 0.3) is 0 Å². The summed E-state index contributed by atoms with van der Waals surface area (Å²) >= 11 is 11.9. The van der Waals surface area contributed by atoms with E-state index in [4.69, 9.17) is 27.4 Å². The Kier molecular flexibility index (Phi) is 4.62. The summed E-state index contributed by atoms with van der Waals surface area (Å²) in [4.78, 5) is 11.6. The first kappa shape index (κ1) is 18.3. The molecule has 128 valence electrons. The van der Waals surface area contributed by atoms with Crippen molar-refractivity contribution in [2.45, 2.75) is 32.7 Å². The highest BCUT2D eigenvalue weighted by atomic mass is 35.5. The quantitative estimate of drug-likeness (QED) is 0.845. The van der Waals surface area contributed by atoms with Crippen molar-refractivity contribution in [2.75, 3.05) is 6.61 Å². The summed E-state index contributed by atoms with van der Waals surface area (Å²) in [5.41, 5.74) is -1.32. The summed E-state index contributed by atoms with van der Waals surface area (Å²) in [6.07, 6.45) is -1.45. The van der Waals surface area contributed by atoms with E-state index in [9.17, 15) is 18.3 Å². The minimum Gasteiger partial charge on any atom is -0.464 e. The first-order valence-corrected chi connectivity index (χ1v) is 8.89. The minimum atomic E-state index is -4.34. The summed E-state index contributed by atoms with van der Waals surface area (Å²) in [5, 5.41) is 10.1. The molecule has 1 aliphatic heterocycles. The molecule has 1 aliphatic rings. The molecule has 0 bridgehead atoms. The lowest BCUT2D eigenvalue weighted by Gasteiger charge is -2.43. The fourth-order valence-electron chi connectivity index (χ4n) is 2.67. The molecule has 1 fully saturated rings. The van der Waals surface area contributed by atoms with E-state index in [1.807, 2.05) is 0 Å². The lowest BCUT2D eigenvalue weighted by molar-refractivity contribution is 0.0531. The predicted octanol–water partition coefficient (Wildman–Crippen LogP) is 3.58. The number of hydrogen-bond acceptors (Lipinski definition) is 4. The summed E-state index contributed by atoms with van der Waals surface area (Å²) in [5.74, 6) is 0. The Morgan fingerprint density at radius 3 is 2.43 bits per heavy atom. The van der Waals surface area contributed by atoms with Gasteiger partial charge >= 0.3 is 16.4 Å². The Hall–Kier alpha value is -1.02. The van der Waals surface area contributed by atoms with Gasteiger partial charge in [-0.05, 0) is 29.5 Å². The number of nitrogens with zero attached hydrogens (tertiary/aromatic N) is 1. The average Bonchev–Trinajstić information content (AvgIpc) is 2.66. The van der Waals surface area contributed by atoms with E-state index in [-0.39, 0.29) is 13.0 Å². The van der Waals surface area contributed by atoms with E-state index in [2.05, 4.69) is 0 Å². The number of benzene rings is 1. The molecule has 0 aliphatic carbocycles. The van der Waals surface area contributed by atoms with Crippen molar-refractivity contribution >= 4 is 39.6 Å². The van der Waals surface area contributed by atoms with Crippen LogP contribution >= 0.6 is 23.2 Å². The molecule has 2 rings (SSSR count). The number of carbonyl (C=O) groups is 1. The lowest BCUT2D eigenvalue weighted by atomic mass is 9.70. The Morgan fingerprint density at radius 1 is 1.35 bits per heavy atom. The molecular weight excluding hydrogens is 365 g/mol. The molecule has 1 aromatic carbocycles. The number of amides is 1. The second kappa shape index (κ2) is 5.81. The fraction of sp³-hybridized carbons (Fsp3) is 0.500. The van der Waals surface area contributed by atoms with Crippen LogP contribution in [0.15, 0.2) is 18.2 Å². The minimum absolute atomic E-state index is 0.124. The Labute approximate surface area is 145 Å². The highest BCUT2D eigenvalue weighted by Gasteiger charge is 2.60. The highest BCUT2D eigenvalue weighted by Crippen LogP contribution is 2.45. The zero-order valence-electron chi connectivity index (χ0n) is 12.8. The molecule has 9 heteroatoms. The predicted molar refractivity (Wildman–Crippen MR) is 87.1 cm³/mol. The molecule has 1 N–H and O–H groups in total. The molecule has 0 spiro atoms. The van der Waals surface area contributed by atoms with Crippen LogP contribution in [0, 0.1) is 5.41 Å². The maximum absolute atomic E-state index is 12.1. The fourth-order valence-corrected chi connectivity index (χ4v) is 4.45. The maximum atomic E-state index is 12.1. The molecule has 0 aromatic heterocycles. The van der Waals surface area contributed by atoms with Gasteiger partial charge in [-0.15, -0.1) is 0 Å². The lowest BCUT2D eigenvalue weighted by Crippen LogP contribution is -2.59. The number of carboxylic acid groups (broad SMARTS) is 1. The molecule has 0 unspecified atom stereocenters. The Balaban J connectivity index is 2.57. The zero-order chi connectivity index (χ0) is 17.6. The van der Waals surface area contributed by atoms with Crippen molar-refractivity contribution in [1.29, 1.82) is 0 Å². The second-order valence-corrected chi connectivity index (χ2v) is 8.74. The molecular formula is C14H17Cl2NO5S. The van der Waals surface area contributed by atoms with Crippen molar-refractivity contribution < 1.29 is 22.5 Å². The van der Waals surface area contributed by atoms with E-state index in [0.717, 1.165) is 0 Å². The molecule has 1 atom stereocenters. The number of rotatable bonds is 2. The largest absolute Gasteiger partial charge is 0.464 e. The van der Waals surface area contributed by atoms with Crippen LogP contribution in [0.2, 0.25) is 10.0 Å². The van der Waals surface area contributed by atoms with Gasteiger partial charge in [0.15, 0.2) is 0 Å². The smallest absolute Gasteiger partial charge is 0.423 e. The standard InChI is InChI=1S/C14H17Cl2NO5S/c1-13(2,3)14(7-9-4-5-10(15)11(16)6-9)8-22-23(20,21)17(14)12(18)19/h4-6H,7-8H2,1-3H3,(H,18,19)/t14-/m1/s1. The van der Waals surface area contributed by atoms with Gasteiger partial charge in [0.1, 0.15) is 0 Å². The molecule has 1 saturated heterocycles. The third kappa shape index (κ3) is 3.15. The third-order valence-electron chi connectivity index (χ3n) is 4.11. The van der Waals surface area contributed by atoms with Crippen LogP contribution in [0.1, 0.15) is 26.3 Å². The van der Waals surface area contributed by atoms with Gasteiger partial charge < -0.3 is 5.11 Å². The van der Waals surface area contributed by atoms with Crippen molar-refractivity contribution in [2.24, 2.45) is 5.41 Å². The van der Waals surface area contributed by atoms with Crippen molar-refractivity contribution in [3.8, 4) is 0 Å². The van der Waals surface area contributed by atoms with Gasteiger partial charge in [-0.25, -0.2) is 4.79 Å². The van der Waals surface area contributed by atoms with Gasteiger partial charge in [-0.2, -0.15) is 12.7 Å². The van der Waals surface area contributed by atoms with Gasteiger partial charge in [0, 0.05) is 0 Å². The molecule has 6 nitrogen and oxygen atoms in total. The Morgan fingerprint density at radius 2 is 1.96 bits per heavy atom.